The second-order valence-electron chi connectivity index (χ2n) is 6.24. The number of ether oxygens (including phenoxy) is 1. The number of halogens is 1. The van der Waals surface area contributed by atoms with E-state index in [9.17, 15) is 9.59 Å². The average molecular weight is 298 g/mol. The van der Waals surface area contributed by atoms with Crippen LogP contribution < -0.4 is 5.32 Å². The maximum Gasteiger partial charge on any atom is 0.336 e. The van der Waals surface area contributed by atoms with Crippen molar-refractivity contribution < 1.29 is 14.3 Å². The van der Waals surface area contributed by atoms with Crippen molar-refractivity contribution in [2.24, 2.45) is 11.8 Å². The van der Waals surface area contributed by atoms with Gasteiger partial charge in [0.2, 0.25) is 5.91 Å². The Hall–Kier alpha value is -1.03. The van der Waals surface area contributed by atoms with Crippen LogP contribution in [-0.2, 0) is 14.3 Å². The molecule has 2 fully saturated rings. The van der Waals surface area contributed by atoms with Crippen molar-refractivity contribution in [3.05, 3.63) is 12.2 Å². The van der Waals surface area contributed by atoms with E-state index in [0.717, 1.165) is 19.3 Å². The van der Waals surface area contributed by atoms with Gasteiger partial charge in [0.05, 0.1) is 5.92 Å². The van der Waals surface area contributed by atoms with E-state index in [1.807, 2.05) is 6.92 Å². The Morgan fingerprint density at radius 1 is 1.50 bits per heavy atom. The van der Waals surface area contributed by atoms with Crippen LogP contribution in [0.5, 0.6) is 0 Å². The number of rotatable bonds is 4. The Morgan fingerprint density at radius 2 is 2.30 bits per heavy atom. The number of carbonyl (C=O) groups excluding carboxylic acids is 2. The molecule has 0 saturated carbocycles. The predicted octanol–water partition coefficient (Wildman–Crippen LogP) is 2.16. The molecule has 20 heavy (non-hydrogen) atoms. The van der Waals surface area contributed by atoms with Crippen LogP contribution in [0.3, 0.4) is 0 Å². The van der Waals surface area contributed by atoms with Gasteiger partial charge in [-0.3, -0.25) is 4.79 Å². The molecular formula is C15H20ClNO3. The van der Waals surface area contributed by atoms with E-state index in [0.29, 0.717) is 24.6 Å². The summed E-state index contributed by atoms with van der Waals surface area (Å²) >= 11 is 5.79. The highest BCUT2D eigenvalue weighted by molar-refractivity contribution is 6.18. The van der Waals surface area contributed by atoms with Crippen molar-refractivity contribution >= 4 is 23.5 Å². The number of fused-ring (bicyclic) bond motifs is 1. The zero-order valence-corrected chi connectivity index (χ0v) is 12.4. The molecule has 2 heterocycles. The van der Waals surface area contributed by atoms with Crippen LogP contribution in [0.25, 0.3) is 0 Å². The van der Waals surface area contributed by atoms with Gasteiger partial charge in [-0.05, 0) is 44.9 Å². The number of hydrogen-bond acceptors (Lipinski definition) is 3. The molecule has 3 rings (SSSR count). The molecule has 0 aromatic rings. The molecule has 0 radical (unpaired) electrons. The topological polar surface area (TPSA) is 55.4 Å². The fraction of sp³-hybridized carbons (Fsp3) is 0.733. The minimum absolute atomic E-state index is 0.0983. The van der Waals surface area contributed by atoms with Gasteiger partial charge in [0.1, 0.15) is 0 Å². The molecule has 0 bridgehead atoms. The summed E-state index contributed by atoms with van der Waals surface area (Å²) in [5, 5.41) is 2.93. The van der Waals surface area contributed by atoms with Gasteiger partial charge in [-0.1, -0.05) is 12.2 Å². The summed E-state index contributed by atoms with van der Waals surface area (Å²) in [5.41, 5.74) is -1.57. The quantitative estimate of drug-likeness (QED) is 0.491. The number of hydrogen-bond donors (Lipinski definition) is 1. The normalized spacial score (nSPS) is 42.7. The fourth-order valence-electron chi connectivity index (χ4n) is 3.91. The predicted molar refractivity (Wildman–Crippen MR) is 75.3 cm³/mol. The second kappa shape index (κ2) is 4.76. The third-order valence-electron chi connectivity index (χ3n) is 5.14. The zero-order valence-electron chi connectivity index (χ0n) is 11.7. The monoisotopic (exact) mass is 297 g/mol. The fourth-order valence-corrected chi connectivity index (χ4v) is 4.13. The van der Waals surface area contributed by atoms with Crippen molar-refractivity contribution in [1.29, 1.82) is 0 Å². The van der Waals surface area contributed by atoms with Crippen LogP contribution in [0.2, 0.25) is 0 Å². The molecule has 1 N–H and O–H groups in total. The van der Waals surface area contributed by atoms with Gasteiger partial charge in [-0.15, -0.1) is 11.6 Å². The number of carbonyl (C=O) groups is 2. The van der Waals surface area contributed by atoms with Crippen LogP contribution >= 0.6 is 11.6 Å². The average Bonchev–Trinajstić information content (AvgIpc) is 2.59. The molecule has 0 spiro atoms. The lowest BCUT2D eigenvalue weighted by atomic mass is 9.66. The molecule has 110 valence electrons. The number of nitrogens with one attached hydrogen (secondary N) is 1. The van der Waals surface area contributed by atoms with Gasteiger partial charge >= 0.3 is 5.97 Å². The second-order valence-corrected chi connectivity index (χ2v) is 6.62. The van der Waals surface area contributed by atoms with Crippen LogP contribution in [0, 0.1) is 11.8 Å². The van der Waals surface area contributed by atoms with Crippen molar-refractivity contribution in [1.82, 2.24) is 5.32 Å². The Morgan fingerprint density at radius 3 is 2.90 bits per heavy atom. The lowest BCUT2D eigenvalue weighted by Crippen LogP contribution is -2.74. The van der Waals surface area contributed by atoms with Crippen LogP contribution in [0.4, 0.5) is 0 Å². The Bertz CT molecular complexity index is 478. The first-order chi connectivity index (χ1) is 9.53. The molecule has 1 amide bonds. The lowest BCUT2D eigenvalue weighted by molar-refractivity contribution is -0.222. The van der Waals surface area contributed by atoms with E-state index >= 15 is 0 Å². The maximum absolute atomic E-state index is 12.2. The molecule has 3 aliphatic rings. The summed E-state index contributed by atoms with van der Waals surface area (Å²) in [7, 11) is 0. The van der Waals surface area contributed by atoms with Gasteiger partial charge in [-0.25, -0.2) is 4.79 Å². The van der Waals surface area contributed by atoms with E-state index < -0.39 is 11.1 Å². The molecule has 1 aliphatic carbocycles. The molecule has 5 heteroatoms. The molecular weight excluding hydrogens is 278 g/mol. The van der Waals surface area contributed by atoms with Gasteiger partial charge < -0.3 is 10.1 Å². The zero-order chi connectivity index (χ0) is 14.4. The highest BCUT2D eigenvalue weighted by Gasteiger charge is 2.75. The summed E-state index contributed by atoms with van der Waals surface area (Å²) in [6.45, 7) is 1.87. The largest absolute Gasteiger partial charge is 0.453 e. The van der Waals surface area contributed by atoms with Crippen molar-refractivity contribution in [3.63, 3.8) is 0 Å². The highest BCUT2D eigenvalue weighted by Crippen LogP contribution is 2.53. The molecule has 1 unspecified atom stereocenters. The summed E-state index contributed by atoms with van der Waals surface area (Å²) in [4.78, 5) is 24.3. The standard InChI is InChI=1S/C15H20ClNO3/c1-14-11(7-8-16)12(18)17-15(14,13(19)20-14)9-10-5-3-2-4-6-10/h3,5,10-11H,2,4,6-9H2,1H3,(H,17,18)/t10?,11-,14-,15-/m1/s1. The van der Waals surface area contributed by atoms with Gasteiger partial charge in [0.15, 0.2) is 11.1 Å². The smallest absolute Gasteiger partial charge is 0.336 e. The number of amides is 1. The van der Waals surface area contributed by atoms with Gasteiger partial charge in [-0.2, -0.15) is 0 Å². The molecule has 2 saturated heterocycles. The molecule has 4 atom stereocenters. The van der Waals surface area contributed by atoms with Crippen molar-refractivity contribution in [2.45, 2.75) is 50.2 Å². The summed E-state index contributed by atoms with van der Waals surface area (Å²) in [6, 6.07) is 0. The summed E-state index contributed by atoms with van der Waals surface area (Å²) in [6.07, 6.45) is 8.83. The van der Waals surface area contributed by atoms with E-state index in [-0.39, 0.29) is 17.8 Å². The van der Waals surface area contributed by atoms with Crippen molar-refractivity contribution in [3.8, 4) is 0 Å². The van der Waals surface area contributed by atoms with E-state index in [1.165, 1.54) is 0 Å². The van der Waals surface area contributed by atoms with Crippen LogP contribution in [-0.4, -0.2) is 28.9 Å². The molecule has 2 aliphatic heterocycles. The minimum Gasteiger partial charge on any atom is -0.453 e. The number of esters is 1. The van der Waals surface area contributed by atoms with E-state index in [4.69, 9.17) is 16.3 Å². The highest BCUT2D eigenvalue weighted by atomic mass is 35.5. The maximum atomic E-state index is 12.2. The number of allylic oxidation sites excluding steroid dienone is 2. The molecule has 0 aromatic heterocycles. The Kier molecular flexibility index (Phi) is 3.32. The molecule has 0 aromatic carbocycles. The first kappa shape index (κ1) is 13.9. The first-order valence-electron chi connectivity index (χ1n) is 7.31. The Balaban J connectivity index is 1.86. The van der Waals surface area contributed by atoms with Gasteiger partial charge in [0, 0.05) is 5.88 Å². The Labute approximate surface area is 123 Å². The van der Waals surface area contributed by atoms with E-state index in [1.54, 1.807) is 0 Å². The first-order valence-corrected chi connectivity index (χ1v) is 7.85. The third-order valence-corrected chi connectivity index (χ3v) is 5.36. The van der Waals surface area contributed by atoms with Crippen LogP contribution in [0.15, 0.2) is 12.2 Å². The SMILES string of the molecule is C[C@]12OC(=O)[C@@]1(CC1C=CCCC1)NC(=O)[C@H]2CCCl. The lowest BCUT2D eigenvalue weighted by Gasteiger charge is -2.52. The number of alkyl halides is 1. The van der Waals surface area contributed by atoms with Crippen molar-refractivity contribution in [2.75, 3.05) is 5.88 Å². The van der Waals surface area contributed by atoms with E-state index in [2.05, 4.69) is 17.5 Å². The van der Waals surface area contributed by atoms with Gasteiger partial charge in [0.25, 0.3) is 0 Å². The summed E-state index contributed by atoms with van der Waals surface area (Å²) < 4.78 is 5.43. The third kappa shape index (κ3) is 1.73. The minimum atomic E-state index is -0.840. The summed E-state index contributed by atoms with van der Waals surface area (Å²) in [5.74, 6) is 0.0180. The molecule has 4 nitrogen and oxygen atoms in total. The van der Waals surface area contributed by atoms with Crippen LogP contribution in [0.1, 0.15) is 39.0 Å².